The first-order valence-corrected chi connectivity index (χ1v) is 5.92. The Morgan fingerprint density at radius 2 is 2.05 bits per heavy atom. The van der Waals surface area contributed by atoms with Crippen LogP contribution in [0.15, 0.2) is 47.8 Å². The van der Waals surface area contributed by atoms with Crippen LogP contribution < -0.4 is 11.1 Å². The number of rotatable bonds is 4. The first kappa shape index (κ1) is 12.9. The first-order chi connectivity index (χ1) is 9.19. The van der Waals surface area contributed by atoms with Crippen LogP contribution in [0.2, 0.25) is 0 Å². The van der Waals surface area contributed by atoms with E-state index < -0.39 is 0 Å². The maximum atomic E-state index is 8.62. The summed E-state index contributed by atoms with van der Waals surface area (Å²) in [7, 11) is 0. The molecule has 0 aliphatic heterocycles. The minimum absolute atomic E-state index is 0.0113. The highest BCUT2D eigenvalue weighted by Gasteiger charge is 2.02. The zero-order valence-corrected chi connectivity index (χ0v) is 10.7. The fourth-order valence-electron chi connectivity index (χ4n) is 1.65. The van der Waals surface area contributed by atoms with Gasteiger partial charge in [0.15, 0.2) is 5.84 Å². The zero-order chi connectivity index (χ0) is 13.7. The van der Waals surface area contributed by atoms with Crippen LogP contribution in [0.4, 0.5) is 5.69 Å². The SMILES string of the molecule is Cc1ccc(NCc2ccnc(C(N)=NO)c2)cc1. The number of oxime groups is 1. The van der Waals surface area contributed by atoms with Gasteiger partial charge in [0, 0.05) is 18.4 Å². The fourth-order valence-corrected chi connectivity index (χ4v) is 1.65. The van der Waals surface area contributed by atoms with Crippen LogP contribution in [0.3, 0.4) is 0 Å². The maximum absolute atomic E-state index is 8.62. The molecule has 0 aliphatic carbocycles. The summed E-state index contributed by atoms with van der Waals surface area (Å²) in [5.74, 6) is 0.0113. The van der Waals surface area contributed by atoms with Crippen molar-refractivity contribution >= 4 is 11.5 Å². The lowest BCUT2D eigenvalue weighted by atomic mass is 10.2. The van der Waals surface area contributed by atoms with Gasteiger partial charge in [-0.1, -0.05) is 22.9 Å². The third-order valence-corrected chi connectivity index (χ3v) is 2.74. The lowest BCUT2D eigenvalue weighted by Gasteiger charge is -2.07. The minimum atomic E-state index is 0.0113. The molecule has 0 atom stereocenters. The van der Waals surface area contributed by atoms with E-state index in [9.17, 15) is 0 Å². The molecule has 0 saturated carbocycles. The first-order valence-electron chi connectivity index (χ1n) is 5.92. The van der Waals surface area contributed by atoms with E-state index in [4.69, 9.17) is 10.9 Å². The number of anilines is 1. The van der Waals surface area contributed by atoms with Crippen molar-refractivity contribution in [1.29, 1.82) is 0 Å². The molecule has 2 rings (SSSR count). The molecule has 0 spiro atoms. The van der Waals surface area contributed by atoms with Gasteiger partial charge < -0.3 is 16.3 Å². The zero-order valence-electron chi connectivity index (χ0n) is 10.7. The molecular formula is C14H16N4O. The Hall–Kier alpha value is -2.56. The number of hydrogen-bond acceptors (Lipinski definition) is 4. The van der Waals surface area contributed by atoms with E-state index in [1.54, 1.807) is 12.3 Å². The minimum Gasteiger partial charge on any atom is -0.409 e. The van der Waals surface area contributed by atoms with Crippen molar-refractivity contribution < 1.29 is 5.21 Å². The Morgan fingerprint density at radius 3 is 2.74 bits per heavy atom. The van der Waals surface area contributed by atoms with Crippen LogP contribution in [-0.4, -0.2) is 16.0 Å². The molecule has 0 saturated heterocycles. The summed E-state index contributed by atoms with van der Waals surface area (Å²) in [6.45, 7) is 2.70. The lowest BCUT2D eigenvalue weighted by Crippen LogP contribution is -2.15. The van der Waals surface area contributed by atoms with Crippen molar-refractivity contribution in [1.82, 2.24) is 4.98 Å². The van der Waals surface area contributed by atoms with Crippen molar-refractivity contribution in [3.8, 4) is 0 Å². The van der Waals surface area contributed by atoms with Crippen LogP contribution >= 0.6 is 0 Å². The standard InChI is InChI=1S/C14H16N4O/c1-10-2-4-12(5-3-10)17-9-11-6-7-16-13(8-11)14(15)18-19/h2-8,17,19H,9H2,1H3,(H2,15,18). The van der Waals surface area contributed by atoms with Crippen molar-refractivity contribution in [2.24, 2.45) is 10.9 Å². The molecule has 0 radical (unpaired) electrons. The molecule has 0 unspecified atom stereocenters. The number of nitrogens with one attached hydrogen (secondary N) is 1. The molecule has 1 aromatic carbocycles. The van der Waals surface area contributed by atoms with Gasteiger partial charge in [-0.25, -0.2) is 0 Å². The van der Waals surface area contributed by atoms with E-state index in [-0.39, 0.29) is 5.84 Å². The van der Waals surface area contributed by atoms with Crippen LogP contribution in [0.25, 0.3) is 0 Å². The summed E-state index contributed by atoms with van der Waals surface area (Å²) in [5, 5.41) is 14.9. The fraction of sp³-hybridized carbons (Fsp3) is 0.143. The second-order valence-electron chi connectivity index (χ2n) is 4.25. The van der Waals surface area contributed by atoms with E-state index >= 15 is 0 Å². The topological polar surface area (TPSA) is 83.5 Å². The Kier molecular flexibility index (Phi) is 3.97. The number of hydrogen-bond donors (Lipinski definition) is 3. The third-order valence-electron chi connectivity index (χ3n) is 2.74. The maximum Gasteiger partial charge on any atom is 0.188 e. The number of pyridine rings is 1. The summed E-state index contributed by atoms with van der Waals surface area (Å²) in [4.78, 5) is 4.03. The van der Waals surface area contributed by atoms with Crippen LogP contribution in [0, 0.1) is 6.92 Å². The Morgan fingerprint density at radius 1 is 1.32 bits per heavy atom. The lowest BCUT2D eigenvalue weighted by molar-refractivity contribution is 0.318. The Balaban J connectivity index is 2.05. The van der Waals surface area contributed by atoms with Gasteiger partial charge in [-0.05, 0) is 36.8 Å². The van der Waals surface area contributed by atoms with Crippen LogP contribution in [0.5, 0.6) is 0 Å². The molecular weight excluding hydrogens is 240 g/mol. The number of nitrogens with zero attached hydrogens (tertiary/aromatic N) is 2. The van der Waals surface area contributed by atoms with E-state index in [2.05, 4.69) is 34.5 Å². The van der Waals surface area contributed by atoms with E-state index in [0.717, 1.165) is 11.3 Å². The van der Waals surface area contributed by atoms with E-state index in [1.165, 1.54) is 5.56 Å². The summed E-state index contributed by atoms with van der Waals surface area (Å²) in [6.07, 6.45) is 1.64. The molecule has 98 valence electrons. The van der Waals surface area contributed by atoms with Crippen molar-refractivity contribution in [2.75, 3.05) is 5.32 Å². The average molecular weight is 256 g/mol. The van der Waals surface area contributed by atoms with Gasteiger partial charge in [-0.2, -0.15) is 0 Å². The van der Waals surface area contributed by atoms with E-state index in [0.29, 0.717) is 12.2 Å². The summed E-state index contributed by atoms with van der Waals surface area (Å²) in [5.41, 5.74) is 9.25. The second kappa shape index (κ2) is 5.86. The predicted octanol–water partition coefficient (Wildman–Crippen LogP) is 2.10. The second-order valence-corrected chi connectivity index (χ2v) is 4.25. The molecule has 1 aromatic heterocycles. The average Bonchev–Trinajstić information content (AvgIpc) is 2.46. The van der Waals surface area contributed by atoms with Gasteiger partial charge in [0.05, 0.1) is 0 Å². The summed E-state index contributed by atoms with van der Waals surface area (Å²) < 4.78 is 0. The monoisotopic (exact) mass is 256 g/mol. The van der Waals surface area contributed by atoms with Gasteiger partial charge in [0.25, 0.3) is 0 Å². The van der Waals surface area contributed by atoms with Gasteiger partial charge in [-0.15, -0.1) is 0 Å². The number of nitrogens with two attached hydrogens (primary N) is 1. The van der Waals surface area contributed by atoms with E-state index in [1.807, 2.05) is 18.2 Å². The van der Waals surface area contributed by atoms with Gasteiger partial charge in [0.1, 0.15) is 5.69 Å². The summed E-state index contributed by atoms with van der Waals surface area (Å²) >= 11 is 0. The van der Waals surface area contributed by atoms with Gasteiger partial charge in [0.2, 0.25) is 0 Å². The van der Waals surface area contributed by atoms with Crippen LogP contribution in [-0.2, 0) is 6.54 Å². The smallest absolute Gasteiger partial charge is 0.188 e. The number of amidine groups is 1. The highest BCUT2D eigenvalue weighted by molar-refractivity contribution is 5.95. The molecule has 1 heterocycles. The quantitative estimate of drug-likeness (QED) is 0.338. The predicted molar refractivity (Wildman–Crippen MR) is 75.3 cm³/mol. The largest absolute Gasteiger partial charge is 0.409 e. The number of aryl methyl sites for hydroxylation is 1. The molecule has 4 N–H and O–H groups in total. The molecule has 0 bridgehead atoms. The van der Waals surface area contributed by atoms with Crippen molar-refractivity contribution in [3.63, 3.8) is 0 Å². The van der Waals surface area contributed by atoms with Crippen molar-refractivity contribution in [3.05, 3.63) is 59.4 Å². The number of aromatic nitrogens is 1. The molecule has 0 amide bonds. The normalized spacial score (nSPS) is 11.3. The molecule has 2 aromatic rings. The molecule has 5 nitrogen and oxygen atoms in total. The highest BCUT2D eigenvalue weighted by atomic mass is 16.4. The van der Waals surface area contributed by atoms with Gasteiger partial charge in [-0.3, -0.25) is 4.98 Å². The summed E-state index contributed by atoms with van der Waals surface area (Å²) in [6, 6.07) is 11.8. The highest BCUT2D eigenvalue weighted by Crippen LogP contribution is 2.11. The molecule has 19 heavy (non-hydrogen) atoms. The van der Waals surface area contributed by atoms with Crippen LogP contribution in [0.1, 0.15) is 16.8 Å². The van der Waals surface area contributed by atoms with Crippen molar-refractivity contribution in [2.45, 2.75) is 13.5 Å². The Labute approximate surface area is 111 Å². The molecule has 5 heteroatoms. The number of benzene rings is 1. The van der Waals surface area contributed by atoms with Gasteiger partial charge >= 0.3 is 0 Å². The third kappa shape index (κ3) is 3.45. The molecule has 0 aliphatic rings. The molecule has 0 fully saturated rings. The Bertz CT molecular complexity index is 578.